The highest BCUT2D eigenvalue weighted by molar-refractivity contribution is 5.75. The molecule has 0 aliphatic rings. The van der Waals surface area contributed by atoms with Gasteiger partial charge in [-0.15, -0.1) is 5.10 Å². The SMILES string of the molecule is Cc1cn(CC(C)OC(C)CNC(=O)CCCCC(C)C)nn1. The Morgan fingerprint density at radius 1 is 1.26 bits per heavy atom. The summed E-state index contributed by atoms with van der Waals surface area (Å²) in [5, 5.41) is 10.9. The molecule has 132 valence electrons. The molecular formula is C17H32N4O2. The second kappa shape index (κ2) is 10.4. The first-order valence-electron chi connectivity index (χ1n) is 8.65. The van der Waals surface area contributed by atoms with Crippen LogP contribution in [0.2, 0.25) is 0 Å². The highest BCUT2D eigenvalue weighted by Crippen LogP contribution is 2.08. The Morgan fingerprint density at radius 3 is 2.61 bits per heavy atom. The van der Waals surface area contributed by atoms with E-state index in [9.17, 15) is 4.79 Å². The third kappa shape index (κ3) is 9.33. The van der Waals surface area contributed by atoms with Crippen LogP contribution in [0.3, 0.4) is 0 Å². The summed E-state index contributed by atoms with van der Waals surface area (Å²) in [6.07, 6.45) is 5.76. The minimum Gasteiger partial charge on any atom is -0.372 e. The zero-order valence-corrected chi connectivity index (χ0v) is 15.2. The topological polar surface area (TPSA) is 69.0 Å². The molecule has 0 spiro atoms. The summed E-state index contributed by atoms with van der Waals surface area (Å²) < 4.78 is 7.65. The summed E-state index contributed by atoms with van der Waals surface area (Å²) >= 11 is 0. The van der Waals surface area contributed by atoms with E-state index in [2.05, 4.69) is 29.5 Å². The molecule has 1 heterocycles. The molecule has 2 unspecified atom stereocenters. The maximum Gasteiger partial charge on any atom is 0.220 e. The number of rotatable bonds is 11. The summed E-state index contributed by atoms with van der Waals surface area (Å²) in [4.78, 5) is 11.8. The van der Waals surface area contributed by atoms with E-state index in [0.717, 1.165) is 18.5 Å². The van der Waals surface area contributed by atoms with Gasteiger partial charge in [-0.3, -0.25) is 4.79 Å². The molecule has 0 radical (unpaired) electrons. The van der Waals surface area contributed by atoms with Gasteiger partial charge in [0.15, 0.2) is 0 Å². The fourth-order valence-electron chi connectivity index (χ4n) is 2.42. The monoisotopic (exact) mass is 324 g/mol. The van der Waals surface area contributed by atoms with E-state index in [1.165, 1.54) is 6.42 Å². The average molecular weight is 324 g/mol. The molecule has 0 saturated carbocycles. The van der Waals surface area contributed by atoms with Crippen molar-refractivity contribution in [3.8, 4) is 0 Å². The summed E-state index contributed by atoms with van der Waals surface area (Å²) in [6, 6.07) is 0. The first kappa shape index (κ1) is 19.6. The molecule has 1 aromatic rings. The second-order valence-electron chi connectivity index (χ2n) is 6.78. The fraction of sp³-hybridized carbons (Fsp3) is 0.824. The van der Waals surface area contributed by atoms with Gasteiger partial charge in [-0.05, 0) is 33.1 Å². The zero-order chi connectivity index (χ0) is 17.2. The lowest BCUT2D eigenvalue weighted by atomic mass is 10.1. The van der Waals surface area contributed by atoms with E-state index in [1.54, 1.807) is 4.68 Å². The number of carbonyl (C=O) groups excluding carboxylic acids is 1. The lowest BCUT2D eigenvalue weighted by molar-refractivity contribution is -0.122. The first-order valence-corrected chi connectivity index (χ1v) is 8.65. The average Bonchev–Trinajstić information content (AvgIpc) is 2.86. The summed E-state index contributed by atoms with van der Waals surface area (Å²) in [6.45, 7) is 11.5. The highest BCUT2D eigenvalue weighted by atomic mass is 16.5. The van der Waals surface area contributed by atoms with Crippen LogP contribution in [-0.2, 0) is 16.1 Å². The predicted octanol–water partition coefficient (Wildman–Crippen LogP) is 2.71. The number of aromatic nitrogens is 3. The van der Waals surface area contributed by atoms with Crippen molar-refractivity contribution in [1.82, 2.24) is 20.3 Å². The molecule has 0 aromatic carbocycles. The van der Waals surface area contributed by atoms with Crippen LogP contribution in [0, 0.1) is 12.8 Å². The largest absolute Gasteiger partial charge is 0.372 e. The molecule has 6 heteroatoms. The molecule has 0 saturated heterocycles. The van der Waals surface area contributed by atoms with Gasteiger partial charge >= 0.3 is 0 Å². The van der Waals surface area contributed by atoms with Crippen LogP contribution in [0.25, 0.3) is 0 Å². The number of nitrogens with zero attached hydrogens (tertiary/aromatic N) is 3. The van der Waals surface area contributed by atoms with Crippen LogP contribution in [-0.4, -0.2) is 39.7 Å². The minimum atomic E-state index is -0.0192. The van der Waals surface area contributed by atoms with Crippen LogP contribution in [0.4, 0.5) is 0 Å². The van der Waals surface area contributed by atoms with E-state index in [0.29, 0.717) is 25.4 Å². The van der Waals surface area contributed by atoms with Gasteiger partial charge in [0.05, 0.1) is 24.4 Å². The quantitative estimate of drug-likeness (QED) is 0.635. The van der Waals surface area contributed by atoms with Crippen molar-refractivity contribution in [3.05, 3.63) is 11.9 Å². The Balaban J connectivity index is 2.13. The molecule has 0 fully saturated rings. The number of ether oxygens (including phenoxy) is 1. The second-order valence-corrected chi connectivity index (χ2v) is 6.78. The van der Waals surface area contributed by atoms with Crippen LogP contribution in [0.1, 0.15) is 59.1 Å². The van der Waals surface area contributed by atoms with Crippen molar-refractivity contribution in [3.63, 3.8) is 0 Å². The van der Waals surface area contributed by atoms with Gasteiger partial charge < -0.3 is 10.1 Å². The van der Waals surface area contributed by atoms with Gasteiger partial charge in [-0.1, -0.05) is 31.9 Å². The molecule has 1 rings (SSSR count). The standard InChI is InChI=1S/C17H32N4O2/c1-13(2)8-6-7-9-17(22)18-10-15(4)23-16(5)12-21-11-14(3)19-20-21/h11,13,15-16H,6-10,12H2,1-5H3,(H,18,22). The first-order chi connectivity index (χ1) is 10.9. The Kier molecular flexibility index (Phi) is 8.84. The Labute approximate surface area is 140 Å². The summed E-state index contributed by atoms with van der Waals surface area (Å²) in [5.41, 5.74) is 0.898. The van der Waals surface area contributed by atoms with Crippen molar-refractivity contribution >= 4 is 5.91 Å². The third-order valence-corrected chi connectivity index (χ3v) is 3.58. The lowest BCUT2D eigenvalue weighted by Crippen LogP contribution is -2.34. The van der Waals surface area contributed by atoms with Gasteiger partial charge in [0, 0.05) is 19.2 Å². The summed E-state index contributed by atoms with van der Waals surface area (Å²) in [7, 11) is 0. The van der Waals surface area contributed by atoms with Gasteiger partial charge in [0.1, 0.15) is 0 Å². The van der Waals surface area contributed by atoms with Crippen LogP contribution in [0.5, 0.6) is 0 Å². The number of aryl methyl sites for hydroxylation is 1. The molecule has 1 amide bonds. The number of carbonyl (C=O) groups is 1. The van der Waals surface area contributed by atoms with Crippen LogP contribution < -0.4 is 5.32 Å². The Hall–Kier alpha value is -1.43. The molecule has 6 nitrogen and oxygen atoms in total. The van der Waals surface area contributed by atoms with Crippen molar-refractivity contribution in [2.24, 2.45) is 5.92 Å². The molecule has 0 aliphatic carbocycles. The van der Waals surface area contributed by atoms with Crippen molar-refractivity contribution in [1.29, 1.82) is 0 Å². The molecule has 0 bridgehead atoms. The number of unbranched alkanes of at least 4 members (excludes halogenated alkanes) is 1. The molecule has 0 aliphatic heterocycles. The van der Waals surface area contributed by atoms with Crippen LogP contribution >= 0.6 is 0 Å². The molecule has 1 aromatic heterocycles. The fourth-order valence-corrected chi connectivity index (χ4v) is 2.42. The van der Waals surface area contributed by atoms with E-state index in [1.807, 2.05) is 27.0 Å². The molecular weight excluding hydrogens is 292 g/mol. The normalized spacial score (nSPS) is 14.0. The predicted molar refractivity (Wildman–Crippen MR) is 91.1 cm³/mol. The van der Waals surface area contributed by atoms with Gasteiger partial charge in [0.25, 0.3) is 0 Å². The van der Waals surface area contributed by atoms with Crippen LogP contribution in [0.15, 0.2) is 6.20 Å². The number of hydrogen-bond donors (Lipinski definition) is 1. The molecule has 1 N–H and O–H groups in total. The maximum atomic E-state index is 11.8. The van der Waals surface area contributed by atoms with Crippen molar-refractivity contribution in [2.45, 2.75) is 79.1 Å². The smallest absolute Gasteiger partial charge is 0.220 e. The van der Waals surface area contributed by atoms with E-state index < -0.39 is 0 Å². The molecule has 2 atom stereocenters. The van der Waals surface area contributed by atoms with Gasteiger partial charge in [0.2, 0.25) is 5.91 Å². The number of hydrogen-bond acceptors (Lipinski definition) is 4. The Bertz CT molecular complexity index is 459. The minimum absolute atomic E-state index is 0.0192. The number of nitrogens with one attached hydrogen (secondary N) is 1. The number of amides is 1. The van der Waals surface area contributed by atoms with Gasteiger partial charge in [-0.25, -0.2) is 4.68 Å². The summed E-state index contributed by atoms with van der Waals surface area (Å²) in [5.74, 6) is 0.825. The van der Waals surface area contributed by atoms with Gasteiger partial charge in [-0.2, -0.15) is 0 Å². The lowest BCUT2D eigenvalue weighted by Gasteiger charge is -2.19. The van der Waals surface area contributed by atoms with Crippen molar-refractivity contribution in [2.75, 3.05) is 6.54 Å². The molecule has 23 heavy (non-hydrogen) atoms. The van der Waals surface area contributed by atoms with E-state index in [-0.39, 0.29) is 18.1 Å². The maximum absolute atomic E-state index is 11.8. The third-order valence-electron chi connectivity index (χ3n) is 3.58. The van der Waals surface area contributed by atoms with E-state index >= 15 is 0 Å². The Morgan fingerprint density at radius 2 is 2.00 bits per heavy atom. The highest BCUT2D eigenvalue weighted by Gasteiger charge is 2.11. The zero-order valence-electron chi connectivity index (χ0n) is 15.2. The van der Waals surface area contributed by atoms with Crippen molar-refractivity contribution < 1.29 is 9.53 Å². The van der Waals surface area contributed by atoms with E-state index in [4.69, 9.17) is 4.74 Å².